The molecule has 0 fully saturated rings. The Morgan fingerprint density at radius 2 is 2.00 bits per heavy atom. The fourth-order valence-electron chi connectivity index (χ4n) is 1.93. The smallest absolute Gasteiger partial charge is 0.130 e. The third-order valence-electron chi connectivity index (χ3n) is 3.00. The Morgan fingerprint density at radius 3 is 2.63 bits per heavy atom. The van der Waals surface area contributed by atoms with Gasteiger partial charge in [-0.15, -0.1) is 0 Å². The number of aryl methyl sites for hydroxylation is 1. The molecule has 2 N–H and O–H groups in total. The van der Waals surface area contributed by atoms with Gasteiger partial charge < -0.3 is 10.4 Å². The number of benzene rings is 2. The Labute approximate surface area is 116 Å². The molecule has 0 aliphatic carbocycles. The molecule has 0 amide bonds. The van der Waals surface area contributed by atoms with E-state index in [4.69, 9.17) is 11.6 Å². The van der Waals surface area contributed by atoms with Gasteiger partial charge in [0.1, 0.15) is 5.82 Å². The molecule has 0 spiro atoms. The first-order valence-corrected chi connectivity index (χ1v) is 6.37. The van der Waals surface area contributed by atoms with Crippen LogP contribution in [0.2, 0.25) is 5.02 Å². The first kappa shape index (κ1) is 13.8. The molecule has 2 aromatic carbocycles. The lowest BCUT2D eigenvalue weighted by Gasteiger charge is -2.20. The SMILES string of the molecule is Cc1ccccc1NC(CO)c1ccc(Cl)cc1F. The zero-order chi connectivity index (χ0) is 13.8. The van der Waals surface area contributed by atoms with E-state index in [0.29, 0.717) is 10.6 Å². The highest BCUT2D eigenvalue weighted by Crippen LogP contribution is 2.25. The summed E-state index contributed by atoms with van der Waals surface area (Å²) in [6.07, 6.45) is 0. The summed E-state index contributed by atoms with van der Waals surface area (Å²) in [5.41, 5.74) is 2.31. The molecule has 0 bridgehead atoms. The normalized spacial score (nSPS) is 12.2. The van der Waals surface area contributed by atoms with Gasteiger partial charge in [-0.3, -0.25) is 0 Å². The van der Waals surface area contributed by atoms with E-state index in [0.717, 1.165) is 11.3 Å². The van der Waals surface area contributed by atoms with Crippen molar-refractivity contribution in [3.05, 3.63) is 64.4 Å². The van der Waals surface area contributed by atoms with Crippen molar-refractivity contribution in [2.24, 2.45) is 0 Å². The highest BCUT2D eigenvalue weighted by molar-refractivity contribution is 6.30. The van der Waals surface area contributed by atoms with E-state index in [1.165, 1.54) is 6.07 Å². The zero-order valence-electron chi connectivity index (χ0n) is 10.5. The van der Waals surface area contributed by atoms with Gasteiger partial charge in [0.15, 0.2) is 0 Å². The molecule has 0 saturated carbocycles. The predicted octanol–water partition coefficient (Wildman–Crippen LogP) is 3.93. The molecule has 0 saturated heterocycles. The zero-order valence-corrected chi connectivity index (χ0v) is 11.3. The molecule has 2 nitrogen and oxygen atoms in total. The maximum Gasteiger partial charge on any atom is 0.130 e. The van der Waals surface area contributed by atoms with Crippen LogP contribution < -0.4 is 5.32 Å². The van der Waals surface area contributed by atoms with Gasteiger partial charge in [0.2, 0.25) is 0 Å². The van der Waals surface area contributed by atoms with Crippen LogP contribution in [0.25, 0.3) is 0 Å². The molecular weight excluding hydrogens is 265 g/mol. The Balaban J connectivity index is 2.28. The quantitative estimate of drug-likeness (QED) is 0.889. The van der Waals surface area contributed by atoms with Gasteiger partial charge in [-0.2, -0.15) is 0 Å². The van der Waals surface area contributed by atoms with Crippen molar-refractivity contribution >= 4 is 17.3 Å². The fraction of sp³-hybridized carbons (Fsp3) is 0.200. The first-order valence-electron chi connectivity index (χ1n) is 6.00. The molecule has 0 aliphatic heterocycles. The summed E-state index contributed by atoms with van der Waals surface area (Å²) in [4.78, 5) is 0. The summed E-state index contributed by atoms with van der Waals surface area (Å²) in [5, 5.41) is 12.9. The average Bonchev–Trinajstić information content (AvgIpc) is 2.39. The number of halogens is 2. The van der Waals surface area contributed by atoms with E-state index in [-0.39, 0.29) is 6.61 Å². The number of rotatable bonds is 4. The van der Waals surface area contributed by atoms with E-state index in [9.17, 15) is 9.50 Å². The second-order valence-electron chi connectivity index (χ2n) is 4.36. The van der Waals surface area contributed by atoms with Crippen LogP contribution in [0.5, 0.6) is 0 Å². The van der Waals surface area contributed by atoms with Crippen LogP contribution in [-0.4, -0.2) is 11.7 Å². The topological polar surface area (TPSA) is 32.3 Å². The molecule has 2 aromatic rings. The predicted molar refractivity (Wildman–Crippen MR) is 76.0 cm³/mol. The Morgan fingerprint density at radius 1 is 1.26 bits per heavy atom. The van der Waals surface area contributed by atoms with Crippen LogP contribution in [0.3, 0.4) is 0 Å². The lowest BCUT2D eigenvalue weighted by atomic mass is 10.1. The number of nitrogens with one attached hydrogen (secondary N) is 1. The van der Waals surface area contributed by atoms with Gasteiger partial charge in [-0.25, -0.2) is 4.39 Å². The molecule has 100 valence electrons. The minimum Gasteiger partial charge on any atom is -0.394 e. The molecule has 1 atom stereocenters. The van der Waals surface area contributed by atoms with E-state index < -0.39 is 11.9 Å². The Kier molecular flexibility index (Phi) is 4.40. The van der Waals surface area contributed by atoms with E-state index >= 15 is 0 Å². The summed E-state index contributed by atoms with van der Waals surface area (Å²) >= 11 is 5.73. The van der Waals surface area contributed by atoms with Crippen LogP contribution in [0.4, 0.5) is 10.1 Å². The molecule has 0 aromatic heterocycles. The fourth-order valence-corrected chi connectivity index (χ4v) is 2.09. The maximum absolute atomic E-state index is 13.9. The number of aliphatic hydroxyl groups excluding tert-OH is 1. The molecule has 0 heterocycles. The molecule has 0 radical (unpaired) electrons. The second-order valence-corrected chi connectivity index (χ2v) is 4.80. The van der Waals surface area contributed by atoms with Crippen molar-refractivity contribution < 1.29 is 9.50 Å². The summed E-state index contributed by atoms with van der Waals surface area (Å²) in [7, 11) is 0. The highest BCUT2D eigenvalue weighted by Gasteiger charge is 2.15. The number of anilines is 1. The minimum absolute atomic E-state index is 0.202. The lowest BCUT2D eigenvalue weighted by molar-refractivity contribution is 0.274. The van der Waals surface area contributed by atoms with Gasteiger partial charge in [0.05, 0.1) is 12.6 Å². The van der Waals surface area contributed by atoms with E-state index in [2.05, 4.69) is 5.32 Å². The van der Waals surface area contributed by atoms with Gasteiger partial charge in [0.25, 0.3) is 0 Å². The van der Waals surface area contributed by atoms with Crippen LogP contribution in [0.1, 0.15) is 17.2 Å². The number of para-hydroxylation sites is 1. The van der Waals surface area contributed by atoms with Crippen molar-refractivity contribution in [3.63, 3.8) is 0 Å². The molecule has 19 heavy (non-hydrogen) atoms. The van der Waals surface area contributed by atoms with Crippen molar-refractivity contribution in [3.8, 4) is 0 Å². The van der Waals surface area contributed by atoms with Crippen molar-refractivity contribution in [1.82, 2.24) is 0 Å². The molecule has 4 heteroatoms. The van der Waals surface area contributed by atoms with Crippen molar-refractivity contribution in [1.29, 1.82) is 0 Å². The van der Waals surface area contributed by atoms with Crippen LogP contribution in [-0.2, 0) is 0 Å². The number of hydrogen-bond acceptors (Lipinski definition) is 2. The third kappa shape index (κ3) is 3.25. The highest BCUT2D eigenvalue weighted by atomic mass is 35.5. The van der Waals surface area contributed by atoms with Gasteiger partial charge in [-0.1, -0.05) is 35.9 Å². The second kappa shape index (κ2) is 6.04. The summed E-state index contributed by atoms with van der Waals surface area (Å²) < 4.78 is 13.9. The van der Waals surface area contributed by atoms with Crippen molar-refractivity contribution in [2.45, 2.75) is 13.0 Å². The number of aliphatic hydroxyl groups is 1. The first-order chi connectivity index (χ1) is 9.11. The molecule has 2 rings (SSSR count). The summed E-state index contributed by atoms with van der Waals surface area (Å²) in [6.45, 7) is 1.75. The van der Waals surface area contributed by atoms with Crippen LogP contribution in [0, 0.1) is 12.7 Å². The van der Waals surface area contributed by atoms with E-state index in [1.807, 2.05) is 31.2 Å². The maximum atomic E-state index is 13.9. The standard InChI is InChI=1S/C15H15ClFNO/c1-10-4-2-3-5-14(10)18-15(9-19)12-7-6-11(16)8-13(12)17/h2-8,15,18-19H,9H2,1H3. The van der Waals surface area contributed by atoms with Crippen LogP contribution in [0.15, 0.2) is 42.5 Å². The molecule has 1 unspecified atom stereocenters. The lowest BCUT2D eigenvalue weighted by Crippen LogP contribution is -2.16. The monoisotopic (exact) mass is 279 g/mol. The summed E-state index contributed by atoms with van der Waals surface area (Å²) in [6, 6.07) is 11.6. The largest absolute Gasteiger partial charge is 0.394 e. The average molecular weight is 280 g/mol. The Bertz CT molecular complexity index is 574. The van der Waals surface area contributed by atoms with E-state index in [1.54, 1.807) is 12.1 Å². The molecule has 0 aliphatic rings. The molecular formula is C15H15ClFNO. The minimum atomic E-state index is -0.502. The van der Waals surface area contributed by atoms with Gasteiger partial charge in [-0.05, 0) is 30.7 Å². The van der Waals surface area contributed by atoms with Gasteiger partial charge in [0, 0.05) is 16.3 Å². The van der Waals surface area contributed by atoms with Gasteiger partial charge >= 0.3 is 0 Å². The van der Waals surface area contributed by atoms with Crippen LogP contribution >= 0.6 is 11.6 Å². The third-order valence-corrected chi connectivity index (χ3v) is 3.23. The summed E-state index contributed by atoms with van der Waals surface area (Å²) in [5.74, 6) is -0.423. The Hall–Kier alpha value is -1.58. The number of hydrogen-bond donors (Lipinski definition) is 2. The van der Waals surface area contributed by atoms with Crippen molar-refractivity contribution in [2.75, 3.05) is 11.9 Å².